The van der Waals surface area contributed by atoms with Crippen LogP contribution < -0.4 is 5.32 Å². The van der Waals surface area contributed by atoms with Gasteiger partial charge in [0.25, 0.3) is 0 Å². The first-order valence-electron chi connectivity index (χ1n) is 6.22. The van der Waals surface area contributed by atoms with E-state index in [1.165, 1.54) is 6.26 Å². The van der Waals surface area contributed by atoms with Crippen molar-refractivity contribution in [1.29, 1.82) is 0 Å². The summed E-state index contributed by atoms with van der Waals surface area (Å²) in [5, 5.41) is 4.05. The van der Waals surface area contributed by atoms with Crippen molar-refractivity contribution in [2.24, 2.45) is 0 Å². The van der Waals surface area contributed by atoms with Crippen LogP contribution in [0.3, 0.4) is 0 Å². The summed E-state index contributed by atoms with van der Waals surface area (Å²) >= 11 is 7.75. The van der Waals surface area contributed by atoms with E-state index in [0.717, 1.165) is 28.4 Å². The lowest BCUT2D eigenvalue weighted by atomic mass is 10.2. The maximum absolute atomic E-state index is 11.1. The first-order valence-corrected chi connectivity index (χ1v) is 9.65. The Morgan fingerprint density at radius 2 is 2.11 bits per heavy atom. The van der Waals surface area contributed by atoms with Gasteiger partial charge < -0.3 is 5.32 Å². The molecular weight excluding hydrogens is 302 g/mol. The molecule has 0 radical (unpaired) electrons. The monoisotopic (exact) mass is 321 g/mol. The predicted molar refractivity (Wildman–Crippen MR) is 83.9 cm³/mol. The highest BCUT2D eigenvalue weighted by atomic mass is 35.5. The summed E-state index contributed by atoms with van der Waals surface area (Å²) in [6, 6.07) is 5.75. The lowest BCUT2D eigenvalue weighted by Crippen LogP contribution is -2.15. The van der Waals surface area contributed by atoms with Crippen molar-refractivity contribution in [1.82, 2.24) is 5.32 Å². The van der Waals surface area contributed by atoms with Crippen LogP contribution in [-0.2, 0) is 16.4 Å². The zero-order valence-corrected chi connectivity index (χ0v) is 13.7. The molecule has 1 aromatic carbocycles. The van der Waals surface area contributed by atoms with Crippen LogP contribution in [0.2, 0.25) is 5.02 Å². The molecule has 1 N–H and O–H groups in total. The van der Waals surface area contributed by atoms with Crippen LogP contribution in [0, 0.1) is 0 Å². The molecule has 0 saturated carbocycles. The minimum Gasteiger partial charge on any atom is -0.313 e. The number of sulfone groups is 1. The molecule has 0 amide bonds. The van der Waals surface area contributed by atoms with Crippen LogP contribution in [0.5, 0.6) is 0 Å². The highest BCUT2D eigenvalue weighted by Crippen LogP contribution is 2.28. The maximum atomic E-state index is 11.1. The minimum atomic E-state index is -2.91. The van der Waals surface area contributed by atoms with E-state index in [9.17, 15) is 8.42 Å². The molecule has 0 unspecified atom stereocenters. The lowest BCUT2D eigenvalue weighted by Gasteiger charge is -2.11. The second kappa shape index (κ2) is 8.15. The molecule has 0 spiro atoms. The molecule has 0 fully saturated rings. The second-order valence-electron chi connectivity index (χ2n) is 4.37. The van der Waals surface area contributed by atoms with Gasteiger partial charge in [-0.2, -0.15) is 0 Å². The van der Waals surface area contributed by atoms with Gasteiger partial charge >= 0.3 is 0 Å². The van der Waals surface area contributed by atoms with E-state index in [1.54, 1.807) is 11.8 Å². The van der Waals surface area contributed by atoms with Gasteiger partial charge in [-0.3, -0.25) is 0 Å². The van der Waals surface area contributed by atoms with Crippen molar-refractivity contribution in [3.05, 3.63) is 28.8 Å². The zero-order valence-electron chi connectivity index (χ0n) is 11.3. The quantitative estimate of drug-likeness (QED) is 0.590. The molecule has 19 heavy (non-hydrogen) atoms. The van der Waals surface area contributed by atoms with Crippen molar-refractivity contribution < 1.29 is 8.42 Å². The van der Waals surface area contributed by atoms with Crippen LogP contribution >= 0.6 is 23.4 Å². The van der Waals surface area contributed by atoms with Gasteiger partial charge in [-0.1, -0.05) is 24.6 Å². The van der Waals surface area contributed by atoms with Gasteiger partial charge in [-0.05, 0) is 30.7 Å². The summed E-state index contributed by atoms with van der Waals surface area (Å²) < 4.78 is 22.3. The number of benzene rings is 1. The van der Waals surface area contributed by atoms with Gasteiger partial charge in [0.2, 0.25) is 0 Å². The number of hydrogen-bond donors (Lipinski definition) is 1. The summed E-state index contributed by atoms with van der Waals surface area (Å²) in [6.07, 6.45) is 2.33. The van der Waals surface area contributed by atoms with Crippen molar-refractivity contribution in [2.75, 3.05) is 24.3 Å². The van der Waals surface area contributed by atoms with Crippen LogP contribution in [0.4, 0.5) is 0 Å². The molecule has 0 aromatic heterocycles. The Morgan fingerprint density at radius 3 is 2.74 bits per heavy atom. The zero-order chi connectivity index (χ0) is 14.3. The minimum absolute atomic E-state index is 0.187. The Balaban J connectivity index is 2.68. The molecule has 0 heterocycles. The Hall–Kier alpha value is -0.230. The van der Waals surface area contributed by atoms with Gasteiger partial charge in [0.15, 0.2) is 0 Å². The van der Waals surface area contributed by atoms with E-state index in [4.69, 9.17) is 11.6 Å². The molecule has 1 rings (SSSR count). The smallest absolute Gasteiger partial charge is 0.148 e. The van der Waals surface area contributed by atoms with Crippen molar-refractivity contribution >= 4 is 33.2 Å². The van der Waals surface area contributed by atoms with Gasteiger partial charge in [0.1, 0.15) is 9.84 Å². The average Bonchev–Trinajstić information content (AvgIpc) is 2.31. The fraction of sp³-hybridized carbons (Fsp3) is 0.538. The molecule has 0 saturated heterocycles. The van der Waals surface area contributed by atoms with Gasteiger partial charge in [0.05, 0.1) is 5.75 Å². The molecule has 0 bridgehead atoms. The van der Waals surface area contributed by atoms with Crippen LogP contribution in [0.1, 0.15) is 18.9 Å². The highest BCUT2D eigenvalue weighted by Gasteiger charge is 2.09. The molecule has 0 aliphatic heterocycles. The van der Waals surface area contributed by atoms with Crippen molar-refractivity contribution in [3.63, 3.8) is 0 Å². The number of thioether (sulfide) groups is 1. The number of rotatable bonds is 8. The third kappa shape index (κ3) is 6.65. The average molecular weight is 322 g/mol. The lowest BCUT2D eigenvalue weighted by molar-refractivity contribution is 0.603. The number of nitrogens with one attached hydrogen (secondary N) is 1. The molecule has 1 aromatic rings. The summed E-state index contributed by atoms with van der Waals surface area (Å²) in [7, 11) is -2.91. The number of hydrogen-bond acceptors (Lipinski definition) is 4. The van der Waals surface area contributed by atoms with Gasteiger partial charge in [0, 0.05) is 28.5 Å². The summed E-state index contributed by atoms with van der Waals surface area (Å²) in [4.78, 5) is 1.06. The van der Waals surface area contributed by atoms with Crippen LogP contribution in [0.15, 0.2) is 23.1 Å². The second-order valence-corrected chi connectivity index (χ2v) is 8.18. The first kappa shape index (κ1) is 16.8. The third-order valence-electron chi connectivity index (χ3n) is 2.52. The Labute approximate surface area is 125 Å². The van der Waals surface area contributed by atoms with Gasteiger partial charge in [-0.15, -0.1) is 11.8 Å². The van der Waals surface area contributed by atoms with Crippen LogP contribution in [0.25, 0.3) is 0 Å². The Bertz CT molecular complexity index is 503. The number of halogens is 1. The molecule has 0 aliphatic rings. The standard InChI is InChI=1S/C13H20ClNO2S2/c1-3-7-15-10-11-12(14)5-4-6-13(11)18-8-9-19(2,16)17/h4-6,15H,3,7-10H2,1-2H3. The fourth-order valence-electron chi connectivity index (χ4n) is 1.54. The fourth-order valence-corrected chi connectivity index (χ4v) is 4.13. The Morgan fingerprint density at radius 1 is 1.37 bits per heavy atom. The molecule has 108 valence electrons. The highest BCUT2D eigenvalue weighted by molar-refractivity contribution is 8.00. The summed E-state index contributed by atoms with van der Waals surface area (Å²) in [6.45, 7) is 3.77. The van der Waals surface area contributed by atoms with E-state index in [1.807, 2.05) is 18.2 Å². The van der Waals surface area contributed by atoms with E-state index >= 15 is 0 Å². The normalized spacial score (nSPS) is 11.7. The summed E-state index contributed by atoms with van der Waals surface area (Å²) in [5.41, 5.74) is 1.05. The first-order chi connectivity index (χ1) is 8.94. The third-order valence-corrected chi connectivity index (χ3v) is 5.18. The van der Waals surface area contributed by atoms with E-state index in [0.29, 0.717) is 12.3 Å². The molecule has 3 nitrogen and oxygen atoms in total. The maximum Gasteiger partial charge on any atom is 0.148 e. The van der Waals surface area contributed by atoms with Gasteiger partial charge in [-0.25, -0.2) is 8.42 Å². The van der Waals surface area contributed by atoms with Crippen molar-refractivity contribution in [3.8, 4) is 0 Å². The summed E-state index contributed by atoms with van der Waals surface area (Å²) in [5.74, 6) is 0.742. The topological polar surface area (TPSA) is 46.2 Å². The Kier molecular flexibility index (Phi) is 7.21. The van der Waals surface area contributed by atoms with E-state index < -0.39 is 9.84 Å². The molecular formula is C13H20ClNO2S2. The predicted octanol–water partition coefficient (Wildman–Crippen LogP) is 2.98. The van der Waals surface area contributed by atoms with Crippen LogP contribution in [-0.4, -0.2) is 32.7 Å². The molecule has 0 aliphatic carbocycles. The van der Waals surface area contributed by atoms with E-state index in [-0.39, 0.29) is 5.75 Å². The molecule has 6 heteroatoms. The van der Waals surface area contributed by atoms with E-state index in [2.05, 4.69) is 12.2 Å². The van der Waals surface area contributed by atoms with Crippen molar-refractivity contribution in [2.45, 2.75) is 24.8 Å². The molecule has 0 atom stereocenters. The largest absolute Gasteiger partial charge is 0.313 e. The SMILES string of the molecule is CCCNCc1c(Cl)cccc1SCCS(C)(=O)=O.